The number of rotatable bonds is 7. The molecule has 19 heavy (non-hydrogen) atoms. The SMILES string of the molecule is CCCCC(C=O)CSc1cccc(C(F)(F)F)c1. The van der Waals surface area contributed by atoms with Crippen molar-refractivity contribution in [3.05, 3.63) is 29.8 Å². The summed E-state index contributed by atoms with van der Waals surface area (Å²) in [5.74, 6) is 0.449. The second-order valence-corrected chi connectivity index (χ2v) is 5.47. The first kappa shape index (κ1) is 16.1. The van der Waals surface area contributed by atoms with Gasteiger partial charge in [-0.1, -0.05) is 25.8 Å². The van der Waals surface area contributed by atoms with Gasteiger partial charge in [-0.25, -0.2) is 0 Å². The molecule has 0 heterocycles. The van der Waals surface area contributed by atoms with Crippen molar-refractivity contribution < 1.29 is 18.0 Å². The second kappa shape index (κ2) is 7.58. The molecule has 1 atom stereocenters. The Morgan fingerprint density at radius 3 is 2.68 bits per heavy atom. The molecule has 106 valence electrons. The maximum Gasteiger partial charge on any atom is 0.416 e. The van der Waals surface area contributed by atoms with Gasteiger partial charge in [0.1, 0.15) is 6.29 Å². The Labute approximate surface area is 115 Å². The predicted molar refractivity (Wildman–Crippen MR) is 71.2 cm³/mol. The molecule has 0 aliphatic heterocycles. The Balaban J connectivity index is 2.59. The van der Waals surface area contributed by atoms with Crippen LogP contribution in [0.25, 0.3) is 0 Å². The lowest BCUT2D eigenvalue weighted by Crippen LogP contribution is -2.06. The van der Waals surface area contributed by atoms with Gasteiger partial charge in [0, 0.05) is 16.6 Å². The van der Waals surface area contributed by atoms with Gasteiger partial charge in [-0.05, 0) is 24.6 Å². The van der Waals surface area contributed by atoms with E-state index in [1.54, 1.807) is 6.07 Å². The molecular weight excluding hydrogens is 273 g/mol. The first-order valence-corrected chi connectivity index (χ1v) is 7.21. The molecule has 1 unspecified atom stereocenters. The number of unbranched alkanes of at least 4 members (excludes halogenated alkanes) is 1. The Hall–Kier alpha value is -0.970. The third-order valence-corrected chi connectivity index (χ3v) is 3.93. The van der Waals surface area contributed by atoms with Crippen molar-refractivity contribution in [2.24, 2.45) is 5.92 Å². The number of halogens is 3. The fourth-order valence-corrected chi connectivity index (χ4v) is 2.66. The van der Waals surface area contributed by atoms with Crippen molar-refractivity contribution in [2.75, 3.05) is 5.75 Å². The van der Waals surface area contributed by atoms with Crippen LogP contribution in [0.3, 0.4) is 0 Å². The third kappa shape index (κ3) is 5.68. The van der Waals surface area contributed by atoms with Gasteiger partial charge >= 0.3 is 6.18 Å². The molecule has 0 N–H and O–H groups in total. The van der Waals surface area contributed by atoms with Crippen LogP contribution in [-0.2, 0) is 11.0 Å². The zero-order valence-electron chi connectivity index (χ0n) is 10.7. The summed E-state index contributed by atoms with van der Waals surface area (Å²) in [6, 6.07) is 5.22. The number of hydrogen-bond donors (Lipinski definition) is 0. The topological polar surface area (TPSA) is 17.1 Å². The van der Waals surface area contributed by atoms with Gasteiger partial charge in [0.2, 0.25) is 0 Å². The fraction of sp³-hybridized carbons (Fsp3) is 0.500. The lowest BCUT2D eigenvalue weighted by molar-refractivity contribution is -0.137. The van der Waals surface area contributed by atoms with E-state index < -0.39 is 11.7 Å². The van der Waals surface area contributed by atoms with Crippen LogP contribution in [0.5, 0.6) is 0 Å². The molecule has 0 spiro atoms. The molecular formula is C14H17F3OS. The molecule has 0 aliphatic rings. The van der Waals surface area contributed by atoms with Crippen LogP contribution in [0.1, 0.15) is 31.7 Å². The monoisotopic (exact) mass is 290 g/mol. The smallest absolute Gasteiger partial charge is 0.303 e. The second-order valence-electron chi connectivity index (χ2n) is 4.37. The van der Waals surface area contributed by atoms with Crippen molar-refractivity contribution in [2.45, 2.75) is 37.3 Å². The van der Waals surface area contributed by atoms with Gasteiger partial charge in [0.15, 0.2) is 0 Å². The lowest BCUT2D eigenvalue weighted by atomic mass is 10.1. The minimum Gasteiger partial charge on any atom is -0.303 e. The minimum absolute atomic E-state index is 0.0838. The van der Waals surface area contributed by atoms with E-state index in [1.165, 1.54) is 17.8 Å². The van der Waals surface area contributed by atoms with Crippen LogP contribution in [0.4, 0.5) is 13.2 Å². The molecule has 0 aliphatic carbocycles. The van der Waals surface area contributed by atoms with E-state index in [-0.39, 0.29) is 5.92 Å². The molecule has 1 rings (SSSR count). The number of carbonyl (C=O) groups excluding carboxylic acids is 1. The fourth-order valence-electron chi connectivity index (χ4n) is 1.62. The van der Waals surface area contributed by atoms with Gasteiger partial charge in [-0.2, -0.15) is 13.2 Å². The lowest BCUT2D eigenvalue weighted by Gasteiger charge is -2.11. The molecule has 0 aromatic heterocycles. The first-order chi connectivity index (χ1) is 8.97. The molecule has 0 fully saturated rings. The zero-order valence-corrected chi connectivity index (χ0v) is 11.6. The molecule has 0 radical (unpaired) electrons. The molecule has 1 nitrogen and oxygen atoms in total. The van der Waals surface area contributed by atoms with Crippen LogP contribution in [0, 0.1) is 5.92 Å². The summed E-state index contributed by atoms with van der Waals surface area (Å²) in [6.45, 7) is 2.04. The van der Waals surface area contributed by atoms with Crippen molar-refractivity contribution in [3.8, 4) is 0 Å². The first-order valence-electron chi connectivity index (χ1n) is 6.22. The van der Waals surface area contributed by atoms with Crippen LogP contribution < -0.4 is 0 Å². The van der Waals surface area contributed by atoms with Gasteiger partial charge in [0.05, 0.1) is 5.56 Å². The summed E-state index contributed by atoms with van der Waals surface area (Å²) < 4.78 is 37.6. The van der Waals surface area contributed by atoms with Crippen molar-refractivity contribution in [1.29, 1.82) is 0 Å². The maximum atomic E-state index is 12.5. The van der Waals surface area contributed by atoms with Gasteiger partial charge in [-0.15, -0.1) is 11.8 Å². The van der Waals surface area contributed by atoms with E-state index in [0.717, 1.165) is 37.7 Å². The summed E-state index contributed by atoms with van der Waals surface area (Å²) >= 11 is 1.30. The quantitative estimate of drug-likeness (QED) is 0.530. The number of thioether (sulfide) groups is 1. The van der Waals surface area contributed by atoms with Crippen LogP contribution in [0.15, 0.2) is 29.2 Å². The number of aldehydes is 1. The molecule has 1 aromatic rings. The van der Waals surface area contributed by atoms with Gasteiger partial charge < -0.3 is 4.79 Å². The molecule has 0 saturated carbocycles. The molecule has 5 heteroatoms. The molecule has 0 bridgehead atoms. The third-order valence-electron chi connectivity index (χ3n) is 2.75. The summed E-state index contributed by atoms with van der Waals surface area (Å²) in [6.07, 6.45) is -0.643. The highest BCUT2D eigenvalue weighted by atomic mass is 32.2. The van der Waals surface area contributed by atoms with Crippen LogP contribution >= 0.6 is 11.8 Å². The molecule has 0 saturated heterocycles. The average Bonchev–Trinajstić information content (AvgIpc) is 2.38. The summed E-state index contributed by atoms with van der Waals surface area (Å²) in [7, 11) is 0. The zero-order chi connectivity index (χ0) is 14.3. The van der Waals surface area contributed by atoms with Crippen LogP contribution in [-0.4, -0.2) is 12.0 Å². The molecule has 0 amide bonds. The highest BCUT2D eigenvalue weighted by molar-refractivity contribution is 7.99. The summed E-state index contributed by atoms with van der Waals surface area (Å²) in [5.41, 5.74) is -0.645. The van der Waals surface area contributed by atoms with E-state index >= 15 is 0 Å². The highest BCUT2D eigenvalue weighted by Gasteiger charge is 2.30. The highest BCUT2D eigenvalue weighted by Crippen LogP contribution is 2.32. The Morgan fingerprint density at radius 2 is 2.11 bits per heavy atom. The average molecular weight is 290 g/mol. The number of alkyl halides is 3. The Morgan fingerprint density at radius 1 is 1.37 bits per heavy atom. The standard InChI is InChI=1S/C14H17F3OS/c1-2-3-5-11(9-18)10-19-13-7-4-6-12(8-13)14(15,16)17/h4,6-9,11H,2-3,5,10H2,1H3. The Kier molecular flexibility index (Phi) is 6.42. The van der Waals surface area contributed by atoms with Crippen molar-refractivity contribution >= 4 is 18.0 Å². The van der Waals surface area contributed by atoms with E-state index in [1.807, 2.05) is 6.92 Å². The van der Waals surface area contributed by atoms with Crippen molar-refractivity contribution in [1.82, 2.24) is 0 Å². The molecule has 1 aromatic carbocycles. The normalized spacial score (nSPS) is 13.3. The number of benzene rings is 1. The van der Waals surface area contributed by atoms with Gasteiger partial charge in [-0.3, -0.25) is 0 Å². The van der Waals surface area contributed by atoms with Gasteiger partial charge in [0.25, 0.3) is 0 Å². The maximum absolute atomic E-state index is 12.5. The van der Waals surface area contributed by atoms with E-state index in [0.29, 0.717) is 10.6 Å². The predicted octanol–water partition coefficient (Wildman–Crippen LogP) is 4.80. The van der Waals surface area contributed by atoms with E-state index in [2.05, 4.69) is 0 Å². The van der Waals surface area contributed by atoms with E-state index in [9.17, 15) is 18.0 Å². The minimum atomic E-state index is -4.32. The van der Waals surface area contributed by atoms with Crippen molar-refractivity contribution in [3.63, 3.8) is 0 Å². The van der Waals surface area contributed by atoms with Crippen LogP contribution in [0.2, 0.25) is 0 Å². The summed E-state index contributed by atoms with van der Waals surface area (Å²) in [4.78, 5) is 11.4. The number of carbonyl (C=O) groups is 1. The Bertz CT molecular complexity index is 404. The largest absolute Gasteiger partial charge is 0.416 e. The summed E-state index contributed by atoms with van der Waals surface area (Å²) in [5, 5.41) is 0. The van der Waals surface area contributed by atoms with E-state index in [4.69, 9.17) is 0 Å². The number of hydrogen-bond acceptors (Lipinski definition) is 2.